The predicted molar refractivity (Wildman–Crippen MR) is 102 cm³/mol. The van der Waals surface area contributed by atoms with Crippen LogP contribution in [-0.4, -0.2) is 32.1 Å². The predicted octanol–water partition coefficient (Wildman–Crippen LogP) is 3.89. The highest BCUT2D eigenvalue weighted by atomic mass is 16.5. The molecule has 0 N–H and O–H groups in total. The highest BCUT2D eigenvalue weighted by molar-refractivity contribution is 5.95. The van der Waals surface area contributed by atoms with Crippen LogP contribution in [0.2, 0.25) is 0 Å². The van der Waals surface area contributed by atoms with Gasteiger partial charge in [-0.15, -0.1) is 0 Å². The van der Waals surface area contributed by atoms with Gasteiger partial charge in [0.2, 0.25) is 0 Å². The van der Waals surface area contributed by atoms with Crippen molar-refractivity contribution in [3.63, 3.8) is 0 Å². The van der Waals surface area contributed by atoms with Gasteiger partial charge in [0, 0.05) is 43.3 Å². The molecule has 27 heavy (non-hydrogen) atoms. The molecule has 1 aromatic carbocycles. The Morgan fingerprint density at radius 1 is 1.22 bits per heavy atom. The Bertz CT molecular complexity index is 952. The second-order valence-electron chi connectivity index (χ2n) is 6.87. The van der Waals surface area contributed by atoms with Gasteiger partial charge in [0.1, 0.15) is 11.5 Å². The number of aryl methyl sites for hydroxylation is 2. The summed E-state index contributed by atoms with van der Waals surface area (Å²) in [5.41, 5.74) is 2.71. The van der Waals surface area contributed by atoms with Crippen molar-refractivity contribution in [1.29, 1.82) is 0 Å². The first kappa shape index (κ1) is 17.3. The van der Waals surface area contributed by atoms with Crippen LogP contribution in [0.4, 0.5) is 0 Å². The monoisotopic (exact) mass is 362 g/mol. The molecule has 1 aliphatic rings. The number of rotatable bonds is 4. The molecule has 0 radical (unpaired) electrons. The third kappa shape index (κ3) is 3.56. The zero-order valence-corrected chi connectivity index (χ0v) is 15.5. The Labute approximate surface area is 158 Å². The lowest BCUT2D eigenvalue weighted by atomic mass is 10.1. The van der Waals surface area contributed by atoms with Crippen molar-refractivity contribution in [2.45, 2.75) is 25.8 Å². The number of nitrogens with zero attached hydrogens (tertiary/aromatic N) is 4. The Morgan fingerprint density at radius 2 is 2.04 bits per heavy atom. The average Bonchev–Trinajstić information content (AvgIpc) is 3.32. The van der Waals surface area contributed by atoms with Gasteiger partial charge in [0.15, 0.2) is 0 Å². The minimum absolute atomic E-state index is 0.0286. The lowest BCUT2D eigenvalue weighted by molar-refractivity contribution is 0.0735. The van der Waals surface area contributed by atoms with E-state index in [2.05, 4.69) is 10.1 Å². The SMILES string of the molecule is Cc1ccc(C(=O)N2CCC[C@H]2c2cnn(C)c2)cc1Oc1ccncc1. The molecule has 0 bridgehead atoms. The minimum Gasteiger partial charge on any atom is -0.457 e. The third-order valence-electron chi connectivity index (χ3n) is 4.94. The summed E-state index contributed by atoms with van der Waals surface area (Å²) in [5, 5.41) is 4.25. The van der Waals surface area contributed by atoms with Crippen molar-refractivity contribution < 1.29 is 9.53 Å². The van der Waals surface area contributed by atoms with Crippen molar-refractivity contribution in [1.82, 2.24) is 19.7 Å². The lowest BCUT2D eigenvalue weighted by Gasteiger charge is -2.24. The van der Waals surface area contributed by atoms with Crippen molar-refractivity contribution in [2.75, 3.05) is 6.54 Å². The number of aromatic nitrogens is 3. The quantitative estimate of drug-likeness (QED) is 0.706. The number of carbonyl (C=O) groups is 1. The zero-order valence-electron chi connectivity index (χ0n) is 15.5. The summed E-state index contributed by atoms with van der Waals surface area (Å²) in [7, 11) is 1.90. The molecule has 1 fully saturated rings. The molecule has 6 heteroatoms. The molecule has 0 saturated carbocycles. The number of amides is 1. The largest absolute Gasteiger partial charge is 0.457 e. The smallest absolute Gasteiger partial charge is 0.254 e. The van der Waals surface area contributed by atoms with Crippen LogP contribution >= 0.6 is 0 Å². The van der Waals surface area contributed by atoms with E-state index in [-0.39, 0.29) is 11.9 Å². The van der Waals surface area contributed by atoms with Gasteiger partial charge >= 0.3 is 0 Å². The standard InChI is InChI=1S/C21H22N4O2/c1-15-5-6-16(12-20(15)27-18-7-9-22-10-8-18)21(26)25-11-3-4-19(25)17-13-23-24(2)14-17/h5-10,12-14,19H,3-4,11H2,1-2H3/t19-/m0/s1. The minimum atomic E-state index is 0.0286. The molecule has 0 spiro atoms. The van der Waals surface area contributed by atoms with Crippen LogP contribution in [0, 0.1) is 6.92 Å². The Morgan fingerprint density at radius 3 is 2.78 bits per heavy atom. The number of ether oxygens (including phenoxy) is 1. The summed E-state index contributed by atoms with van der Waals surface area (Å²) in [4.78, 5) is 19.1. The summed E-state index contributed by atoms with van der Waals surface area (Å²) in [6, 6.07) is 9.31. The van der Waals surface area contributed by atoms with Gasteiger partial charge in [-0.1, -0.05) is 6.07 Å². The number of carbonyl (C=O) groups excluding carboxylic acids is 1. The van der Waals surface area contributed by atoms with E-state index in [1.807, 2.05) is 49.5 Å². The molecule has 6 nitrogen and oxygen atoms in total. The van der Waals surface area contributed by atoms with Crippen LogP contribution in [0.5, 0.6) is 11.5 Å². The number of pyridine rings is 1. The molecule has 3 aromatic rings. The van der Waals surface area contributed by atoms with E-state index in [0.717, 1.165) is 30.5 Å². The van der Waals surface area contributed by atoms with Crippen LogP contribution in [0.1, 0.15) is 40.4 Å². The first-order chi connectivity index (χ1) is 13.1. The number of likely N-dealkylation sites (tertiary alicyclic amines) is 1. The van der Waals surface area contributed by atoms with Crippen LogP contribution in [-0.2, 0) is 7.05 Å². The number of benzene rings is 1. The van der Waals surface area contributed by atoms with E-state index < -0.39 is 0 Å². The van der Waals surface area contributed by atoms with Gasteiger partial charge < -0.3 is 9.64 Å². The average molecular weight is 362 g/mol. The van der Waals surface area contributed by atoms with E-state index in [9.17, 15) is 4.79 Å². The highest BCUT2D eigenvalue weighted by Crippen LogP contribution is 2.34. The molecule has 138 valence electrons. The summed E-state index contributed by atoms with van der Waals surface area (Å²) in [6.07, 6.45) is 9.17. The molecule has 1 atom stereocenters. The molecule has 0 aliphatic carbocycles. The first-order valence-electron chi connectivity index (χ1n) is 9.10. The Kier molecular flexibility index (Phi) is 4.62. The van der Waals surface area contributed by atoms with Gasteiger partial charge in [-0.3, -0.25) is 14.5 Å². The van der Waals surface area contributed by atoms with Crippen molar-refractivity contribution in [3.8, 4) is 11.5 Å². The van der Waals surface area contributed by atoms with E-state index >= 15 is 0 Å². The van der Waals surface area contributed by atoms with Crippen molar-refractivity contribution in [2.24, 2.45) is 7.05 Å². The van der Waals surface area contributed by atoms with E-state index in [1.54, 1.807) is 29.2 Å². The summed E-state index contributed by atoms with van der Waals surface area (Å²) < 4.78 is 7.73. The fourth-order valence-electron chi connectivity index (χ4n) is 3.51. The molecule has 2 aromatic heterocycles. The topological polar surface area (TPSA) is 60.2 Å². The van der Waals surface area contributed by atoms with Gasteiger partial charge in [0.25, 0.3) is 5.91 Å². The van der Waals surface area contributed by atoms with E-state index in [0.29, 0.717) is 17.1 Å². The van der Waals surface area contributed by atoms with Gasteiger partial charge in [-0.2, -0.15) is 5.10 Å². The van der Waals surface area contributed by atoms with Gasteiger partial charge in [0.05, 0.1) is 12.2 Å². The normalized spacial score (nSPS) is 16.5. The maximum Gasteiger partial charge on any atom is 0.254 e. The molecule has 1 amide bonds. The maximum absolute atomic E-state index is 13.2. The lowest BCUT2D eigenvalue weighted by Crippen LogP contribution is -2.30. The fourth-order valence-corrected chi connectivity index (χ4v) is 3.51. The highest BCUT2D eigenvalue weighted by Gasteiger charge is 2.31. The van der Waals surface area contributed by atoms with Crippen LogP contribution < -0.4 is 4.74 Å². The molecule has 1 aliphatic heterocycles. The molecule has 0 unspecified atom stereocenters. The second kappa shape index (κ2) is 7.23. The summed E-state index contributed by atoms with van der Waals surface area (Å²) in [6.45, 7) is 2.73. The summed E-state index contributed by atoms with van der Waals surface area (Å²) >= 11 is 0. The van der Waals surface area contributed by atoms with E-state index in [1.165, 1.54) is 0 Å². The van der Waals surface area contributed by atoms with Crippen molar-refractivity contribution in [3.05, 3.63) is 71.8 Å². The second-order valence-corrected chi connectivity index (χ2v) is 6.87. The molecule has 3 heterocycles. The van der Waals surface area contributed by atoms with Crippen molar-refractivity contribution >= 4 is 5.91 Å². The molecular formula is C21H22N4O2. The summed E-state index contributed by atoms with van der Waals surface area (Å²) in [5.74, 6) is 1.41. The maximum atomic E-state index is 13.2. The van der Waals surface area contributed by atoms with Crippen LogP contribution in [0.3, 0.4) is 0 Å². The zero-order chi connectivity index (χ0) is 18.8. The van der Waals surface area contributed by atoms with Gasteiger partial charge in [-0.05, 0) is 49.6 Å². The molecule has 4 rings (SSSR count). The number of hydrogen-bond acceptors (Lipinski definition) is 4. The molecular weight excluding hydrogens is 340 g/mol. The van der Waals surface area contributed by atoms with Crippen LogP contribution in [0.15, 0.2) is 55.1 Å². The van der Waals surface area contributed by atoms with E-state index in [4.69, 9.17) is 4.74 Å². The van der Waals surface area contributed by atoms with Crippen LogP contribution in [0.25, 0.3) is 0 Å². The van der Waals surface area contributed by atoms with Gasteiger partial charge in [-0.25, -0.2) is 0 Å². The number of hydrogen-bond donors (Lipinski definition) is 0. The first-order valence-corrected chi connectivity index (χ1v) is 9.10. The Hall–Kier alpha value is -3.15. The fraction of sp³-hybridized carbons (Fsp3) is 0.286. The Balaban J connectivity index is 1.59. The molecule has 1 saturated heterocycles. The third-order valence-corrected chi connectivity index (χ3v) is 4.94.